The molecule has 0 aliphatic heterocycles. The standard InChI is InChI=1S/C13H29NO4/c1-13(2,5-4-6-15)11-14-9-12(16)10-18-8-7-17-3/h12,14-16H,4-11H2,1-3H3. The smallest absolute Gasteiger partial charge is 0.0897 e. The Morgan fingerprint density at radius 2 is 2.00 bits per heavy atom. The van der Waals surface area contributed by atoms with Crippen LogP contribution in [-0.4, -0.2) is 62.9 Å². The van der Waals surface area contributed by atoms with Crippen LogP contribution in [0, 0.1) is 5.41 Å². The van der Waals surface area contributed by atoms with Gasteiger partial charge in [0.05, 0.1) is 25.9 Å². The fourth-order valence-electron chi connectivity index (χ4n) is 1.64. The fraction of sp³-hybridized carbons (Fsp3) is 1.00. The van der Waals surface area contributed by atoms with Crippen molar-refractivity contribution < 1.29 is 19.7 Å². The Kier molecular flexibility index (Phi) is 10.6. The van der Waals surface area contributed by atoms with Crippen molar-refractivity contribution in [2.45, 2.75) is 32.8 Å². The third kappa shape index (κ3) is 10.9. The molecular formula is C13H29NO4. The quantitative estimate of drug-likeness (QED) is 0.445. The van der Waals surface area contributed by atoms with Gasteiger partial charge < -0.3 is 25.0 Å². The maximum absolute atomic E-state index is 9.65. The molecule has 0 aromatic rings. The minimum atomic E-state index is -0.490. The molecule has 1 atom stereocenters. The number of aliphatic hydroxyl groups excluding tert-OH is 2. The summed E-state index contributed by atoms with van der Waals surface area (Å²) < 4.78 is 10.1. The van der Waals surface area contributed by atoms with Crippen molar-refractivity contribution in [2.24, 2.45) is 5.41 Å². The molecule has 0 radical (unpaired) electrons. The van der Waals surface area contributed by atoms with Crippen LogP contribution >= 0.6 is 0 Å². The zero-order valence-corrected chi connectivity index (χ0v) is 11.9. The molecule has 110 valence electrons. The Morgan fingerprint density at radius 1 is 1.28 bits per heavy atom. The van der Waals surface area contributed by atoms with Crippen LogP contribution in [0.2, 0.25) is 0 Å². The molecule has 0 fully saturated rings. The van der Waals surface area contributed by atoms with Gasteiger partial charge in [-0.3, -0.25) is 0 Å². The first kappa shape index (κ1) is 17.8. The largest absolute Gasteiger partial charge is 0.396 e. The predicted octanol–water partition coefficient (Wildman–Crippen LogP) is 0.399. The average molecular weight is 263 g/mol. The van der Waals surface area contributed by atoms with Gasteiger partial charge in [0.25, 0.3) is 0 Å². The van der Waals surface area contributed by atoms with E-state index in [-0.39, 0.29) is 12.0 Å². The molecule has 0 aromatic carbocycles. The van der Waals surface area contributed by atoms with Gasteiger partial charge >= 0.3 is 0 Å². The minimum Gasteiger partial charge on any atom is -0.396 e. The summed E-state index contributed by atoms with van der Waals surface area (Å²) in [6.07, 6.45) is 1.30. The van der Waals surface area contributed by atoms with E-state index >= 15 is 0 Å². The number of ether oxygens (including phenoxy) is 2. The van der Waals surface area contributed by atoms with Crippen LogP contribution in [0.25, 0.3) is 0 Å². The molecule has 0 spiro atoms. The second kappa shape index (κ2) is 10.7. The maximum atomic E-state index is 9.65. The third-order valence-corrected chi connectivity index (χ3v) is 2.74. The second-order valence-corrected chi connectivity index (χ2v) is 5.34. The third-order valence-electron chi connectivity index (χ3n) is 2.74. The van der Waals surface area contributed by atoms with Crippen LogP contribution in [0.5, 0.6) is 0 Å². The van der Waals surface area contributed by atoms with E-state index in [2.05, 4.69) is 19.2 Å². The summed E-state index contributed by atoms with van der Waals surface area (Å²) in [6.45, 7) is 7.27. The Balaban J connectivity index is 3.51. The molecule has 0 heterocycles. The topological polar surface area (TPSA) is 71.0 Å². The molecule has 5 heteroatoms. The van der Waals surface area contributed by atoms with E-state index in [0.29, 0.717) is 26.4 Å². The minimum absolute atomic E-state index is 0.138. The molecule has 0 saturated carbocycles. The highest BCUT2D eigenvalue weighted by molar-refractivity contribution is 4.72. The lowest BCUT2D eigenvalue weighted by Crippen LogP contribution is -2.36. The number of hydrogen-bond acceptors (Lipinski definition) is 5. The highest BCUT2D eigenvalue weighted by atomic mass is 16.5. The molecule has 3 N–H and O–H groups in total. The highest BCUT2D eigenvalue weighted by Crippen LogP contribution is 2.20. The van der Waals surface area contributed by atoms with Crippen molar-refractivity contribution in [3.63, 3.8) is 0 Å². The summed E-state index contributed by atoms with van der Waals surface area (Å²) in [6, 6.07) is 0. The zero-order valence-electron chi connectivity index (χ0n) is 11.9. The monoisotopic (exact) mass is 263 g/mol. The van der Waals surface area contributed by atoms with Gasteiger partial charge in [0, 0.05) is 26.8 Å². The van der Waals surface area contributed by atoms with Crippen LogP contribution in [0.15, 0.2) is 0 Å². The number of aliphatic hydroxyl groups is 2. The maximum Gasteiger partial charge on any atom is 0.0897 e. The summed E-state index contributed by atoms with van der Waals surface area (Å²) in [5.74, 6) is 0. The normalized spacial score (nSPS) is 13.8. The summed E-state index contributed by atoms with van der Waals surface area (Å²) in [5.41, 5.74) is 0.138. The van der Waals surface area contributed by atoms with E-state index in [1.54, 1.807) is 7.11 Å². The first-order valence-corrected chi connectivity index (χ1v) is 6.58. The van der Waals surface area contributed by atoms with Crippen LogP contribution in [-0.2, 0) is 9.47 Å². The first-order chi connectivity index (χ1) is 8.52. The number of rotatable bonds is 12. The molecule has 0 amide bonds. The van der Waals surface area contributed by atoms with E-state index in [9.17, 15) is 5.11 Å². The number of nitrogens with one attached hydrogen (secondary N) is 1. The van der Waals surface area contributed by atoms with E-state index < -0.39 is 6.10 Å². The molecule has 0 saturated heterocycles. The SMILES string of the molecule is COCCOCC(O)CNCC(C)(C)CCCO. The van der Waals surface area contributed by atoms with Gasteiger partial charge in [-0.05, 0) is 18.3 Å². The predicted molar refractivity (Wildman–Crippen MR) is 71.7 cm³/mol. The van der Waals surface area contributed by atoms with Gasteiger partial charge in [-0.2, -0.15) is 0 Å². The molecule has 0 aliphatic carbocycles. The summed E-state index contributed by atoms with van der Waals surface area (Å²) >= 11 is 0. The first-order valence-electron chi connectivity index (χ1n) is 6.58. The zero-order chi connectivity index (χ0) is 13.9. The Labute approximate surface area is 110 Å². The van der Waals surface area contributed by atoms with E-state index in [0.717, 1.165) is 19.4 Å². The van der Waals surface area contributed by atoms with Crippen LogP contribution < -0.4 is 5.32 Å². The van der Waals surface area contributed by atoms with Crippen LogP contribution in [0.1, 0.15) is 26.7 Å². The molecular weight excluding hydrogens is 234 g/mol. The number of methoxy groups -OCH3 is 1. The Bertz CT molecular complexity index is 188. The summed E-state index contributed by atoms with van der Waals surface area (Å²) in [4.78, 5) is 0. The number of hydrogen-bond donors (Lipinski definition) is 3. The van der Waals surface area contributed by atoms with Gasteiger partial charge in [0.1, 0.15) is 0 Å². The van der Waals surface area contributed by atoms with E-state index in [4.69, 9.17) is 14.6 Å². The molecule has 5 nitrogen and oxygen atoms in total. The van der Waals surface area contributed by atoms with Crippen molar-refractivity contribution in [3.05, 3.63) is 0 Å². The van der Waals surface area contributed by atoms with Gasteiger partial charge in [-0.1, -0.05) is 13.8 Å². The molecule has 0 aliphatic rings. The van der Waals surface area contributed by atoms with Gasteiger partial charge in [0.15, 0.2) is 0 Å². The average Bonchev–Trinajstić information content (AvgIpc) is 2.32. The lowest BCUT2D eigenvalue weighted by atomic mass is 9.88. The van der Waals surface area contributed by atoms with Crippen LogP contribution in [0.3, 0.4) is 0 Å². The lowest BCUT2D eigenvalue weighted by molar-refractivity contribution is 0.0130. The van der Waals surface area contributed by atoms with E-state index in [1.165, 1.54) is 0 Å². The van der Waals surface area contributed by atoms with Gasteiger partial charge in [-0.15, -0.1) is 0 Å². The van der Waals surface area contributed by atoms with Crippen LogP contribution in [0.4, 0.5) is 0 Å². The molecule has 18 heavy (non-hydrogen) atoms. The molecule has 0 rings (SSSR count). The lowest BCUT2D eigenvalue weighted by Gasteiger charge is -2.25. The molecule has 0 bridgehead atoms. The van der Waals surface area contributed by atoms with Crippen molar-refractivity contribution in [3.8, 4) is 0 Å². The Hall–Kier alpha value is -0.200. The molecule has 1 unspecified atom stereocenters. The fourth-order valence-corrected chi connectivity index (χ4v) is 1.64. The van der Waals surface area contributed by atoms with Gasteiger partial charge in [-0.25, -0.2) is 0 Å². The van der Waals surface area contributed by atoms with E-state index in [1.807, 2.05) is 0 Å². The Morgan fingerprint density at radius 3 is 2.61 bits per heavy atom. The molecule has 0 aromatic heterocycles. The van der Waals surface area contributed by atoms with Crippen molar-refractivity contribution >= 4 is 0 Å². The van der Waals surface area contributed by atoms with Crippen molar-refractivity contribution in [1.82, 2.24) is 5.32 Å². The van der Waals surface area contributed by atoms with Crippen molar-refractivity contribution in [2.75, 3.05) is 46.6 Å². The summed E-state index contributed by atoms with van der Waals surface area (Å²) in [5, 5.41) is 21.7. The van der Waals surface area contributed by atoms with Crippen molar-refractivity contribution in [1.29, 1.82) is 0 Å². The highest BCUT2D eigenvalue weighted by Gasteiger charge is 2.17. The van der Waals surface area contributed by atoms with Gasteiger partial charge in [0.2, 0.25) is 0 Å². The second-order valence-electron chi connectivity index (χ2n) is 5.34. The summed E-state index contributed by atoms with van der Waals surface area (Å²) in [7, 11) is 1.62.